The van der Waals surface area contributed by atoms with Crippen LogP contribution in [0.3, 0.4) is 0 Å². The number of hydrogen-bond donors (Lipinski definition) is 1. The molecule has 2 aromatic carbocycles. The van der Waals surface area contributed by atoms with Crippen LogP contribution in [0.5, 0.6) is 0 Å². The molecule has 1 heterocycles. The van der Waals surface area contributed by atoms with Crippen LogP contribution in [0.15, 0.2) is 42.5 Å². The molecular formula is C16H14ClFN2O3S2. The third kappa shape index (κ3) is 3.61. The fourth-order valence-electron chi connectivity index (χ4n) is 2.44. The van der Waals surface area contributed by atoms with Gasteiger partial charge in [-0.3, -0.25) is 9.52 Å². The van der Waals surface area contributed by atoms with Crippen LogP contribution in [0.25, 0.3) is 0 Å². The smallest absolute Gasteiger partial charge is 0.273 e. The molecule has 1 amide bonds. The molecule has 1 fully saturated rings. The summed E-state index contributed by atoms with van der Waals surface area (Å²) in [5.74, 6) is -1.37. The lowest BCUT2D eigenvalue weighted by molar-refractivity contribution is -0.123. The number of halogens is 2. The van der Waals surface area contributed by atoms with E-state index in [1.807, 2.05) is 6.92 Å². The Morgan fingerprint density at radius 1 is 1.24 bits per heavy atom. The van der Waals surface area contributed by atoms with Crippen molar-refractivity contribution in [2.75, 3.05) is 10.5 Å². The van der Waals surface area contributed by atoms with Gasteiger partial charge in [0.05, 0.1) is 11.4 Å². The van der Waals surface area contributed by atoms with E-state index >= 15 is 0 Å². The van der Waals surface area contributed by atoms with Crippen molar-refractivity contribution < 1.29 is 17.6 Å². The molecule has 0 bridgehead atoms. The minimum Gasteiger partial charge on any atom is -0.273 e. The summed E-state index contributed by atoms with van der Waals surface area (Å²) in [4.78, 5) is 12.2. The molecule has 5 nitrogen and oxygen atoms in total. The van der Waals surface area contributed by atoms with E-state index < -0.39 is 27.3 Å². The minimum atomic E-state index is -4.22. The summed E-state index contributed by atoms with van der Waals surface area (Å²) in [7, 11) is -4.22. The number of nitrogens with zero attached hydrogens (tertiary/aromatic N) is 1. The number of anilines is 1. The summed E-state index contributed by atoms with van der Waals surface area (Å²) in [5, 5.41) is -0.980. The van der Waals surface area contributed by atoms with Gasteiger partial charge >= 0.3 is 10.2 Å². The van der Waals surface area contributed by atoms with Gasteiger partial charge in [-0.05, 0) is 31.2 Å². The van der Waals surface area contributed by atoms with Crippen LogP contribution in [0.2, 0.25) is 5.02 Å². The van der Waals surface area contributed by atoms with Gasteiger partial charge in [0.15, 0.2) is 0 Å². The summed E-state index contributed by atoms with van der Waals surface area (Å²) in [6.07, 6.45) is 0. The topological polar surface area (TPSA) is 66.5 Å². The highest BCUT2D eigenvalue weighted by Gasteiger charge is 2.43. The van der Waals surface area contributed by atoms with Gasteiger partial charge in [-0.15, -0.1) is 11.8 Å². The van der Waals surface area contributed by atoms with Crippen molar-refractivity contribution in [1.82, 2.24) is 4.31 Å². The summed E-state index contributed by atoms with van der Waals surface area (Å²) < 4.78 is 42.7. The molecule has 0 spiro atoms. The van der Waals surface area contributed by atoms with Gasteiger partial charge in [0.25, 0.3) is 0 Å². The molecule has 1 aliphatic rings. The standard InChI is InChI=1S/C16H14ClFN2O3S2/c1-10-5-7-11(8-6-10)19-25(22,23)20-14(21)9-24-16(20)15-12(17)3-2-4-13(15)18/h2-8,16,19H,9H2,1H3. The molecule has 1 aliphatic heterocycles. The number of aryl methyl sites for hydroxylation is 1. The number of carbonyl (C=O) groups is 1. The second kappa shape index (κ2) is 6.86. The van der Waals surface area contributed by atoms with Crippen molar-refractivity contribution in [2.24, 2.45) is 0 Å². The molecular weight excluding hydrogens is 387 g/mol. The number of carbonyl (C=O) groups excluding carboxylic acids is 1. The number of rotatable bonds is 4. The van der Waals surface area contributed by atoms with Crippen molar-refractivity contribution in [3.8, 4) is 0 Å². The summed E-state index contributed by atoms with van der Waals surface area (Å²) in [6.45, 7) is 1.87. The number of benzene rings is 2. The molecule has 9 heteroatoms. The summed E-state index contributed by atoms with van der Waals surface area (Å²) in [6, 6.07) is 10.7. The molecule has 132 valence electrons. The van der Waals surface area contributed by atoms with E-state index in [0.29, 0.717) is 9.99 Å². The fourth-order valence-corrected chi connectivity index (χ4v) is 5.70. The average molecular weight is 401 g/mol. The molecule has 2 aromatic rings. The molecule has 1 unspecified atom stereocenters. The first-order chi connectivity index (χ1) is 11.8. The van der Waals surface area contributed by atoms with Crippen LogP contribution in [0.1, 0.15) is 16.5 Å². The molecule has 1 saturated heterocycles. The lowest BCUT2D eigenvalue weighted by atomic mass is 10.2. The van der Waals surface area contributed by atoms with E-state index in [1.54, 1.807) is 24.3 Å². The van der Waals surface area contributed by atoms with Crippen LogP contribution >= 0.6 is 23.4 Å². The van der Waals surface area contributed by atoms with Crippen molar-refractivity contribution in [3.63, 3.8) is 0 Å². The zero-order valence-electron chi connectivity index (χ0n) is 13.1. The van der Waals surface area contributed by atoms with E-state index in [9.17, 15) is 17.6 Å². The third-order valence-corrected chi connectivity index (χ3v) is 6.69. The molecule has 0 aromatic heterocycles. The van der Waals surface area contributed by atoms with Crippen LogP contribution < -0.4 is 4.72 Å². The van der Waals surface area contributed by atoms with Crippen LogP contribution in [-0.4, -0.2) is 24.4 Å². The lowest BCUT2D eigenvalue weighted by Crippen LogP contribution is -2.39. The minimum absolute atomic E-state index is 0.0192. The zero-order chi connectivity index (χ0) is 18.2. The normalized spacial score (nSPS) is 17.8. The van der Waals surface area contributed by atoms with E-state index in [0.717, 1.165) is 17.3 Å². The van der Waals surface area contributed by atoms with E-state index in [2.05, 4.69) is 4.72 Å². The molecule has 0 saturated carbocycles. The maximum Gasteiger partial charge on any atom is 0.327 e. The van der Waals surface area contributed by atoms with Gasteiger partial charge in [0.1, 0.15) is 11.2 Å². The van der Waals surface area contributed by atoms with Gasteiger partial charge < -0.3 is 0 Å². The average Bonchev–Trinajstić information content (AvgIpc) is 2.92. The third-order valence-electron chi connectivity index (χ3n) is 3.63. The Morgan fingerprint density at radius 2 is 1.92 bits per heavy atom. The Morgan fingerprint density at radius 3 is 2.56 bits per heavy atom. The molecule has 1 atom stereocenters. The Hall–Kier alpha value is -1.77. The highest BCUT2D eigenvalue weighted by molar-refractivity contribution is 8.02. The predicted molar refractivity (Wildman–Crippen MR) is 97.2 cm³/mol. The maximum atomic E-state index is 14.2. The van der Waals surface area contributed by atoms with Gasteiger partial charge in [-0.25, -0.2) is 8.70 Å². The first kappa shape index (κ1) is 18.0. The zero-order valence-corrected chi connectivity index (χ0v) is 15.5. The van der Waals surface area contributed by atoms with Crippen LogP contribution in [0.4, 0.5) is 10.1 Å². The van der Waals surface area contributed by atoms with Gasteiger partial charge in [-0.2, -0.15) is 8.42 Å². The van der Waals surface area contributed by atoms with Crippen molar-refractivity contribution >= 4 is 45.2 Å². The lowest BCUT2D eigenvalue weighted by Gasteiger charge is -2.25. The largest absolute Gasteiger partial charge is 0.327 e. The van der Waals surface area contributed by atoms with Crippen LogP contribution in [-0.2, 0) is 15.0 Å². The van der Waals surface area contributed by atoms with Gasteiger partial charge in [-0.1, -0.05) is 35.4 Å². The quantitative estimate of drug-likeness (QED) is 0.849. The monoisotopic (exact) mass is 400 g/mol. The molecule has 0 radical (unpaired) electrons. The highest BCUT2D eigenvalue weighted by Crippen LogP contribution is 2.44. The van der Waals surface area contributed by atoms with E-state index in [1.165, 1.54) is 18.2 Å². The molecule has 1 N–H and O–H groups in total. The highest BCUT2D eigenvalue weighted by atomic mass is 35.5. The first-order valence-electron chi connectivity index (χ1n) is 7.27. The Bertz CT molecular complexity index is 899. The Kier molecular flexibility index (Phi) is 4.95. The Balaban J connectivity index is 1.97. The van der Waals surface area contributed by atoms with Gasteiger partial charge in [0, 0.05) is 10.6 Å². The van der Waals surface area contributed by atoms with Crippen LogP contribution in [0, 0.1) is 12.7 Å². The molecule has 25 heavy (non-hydrogen) atoms. The molecule has 0 aliphatic carbocycles. The summed E-state index contributed by atoms with van der Waals surface area (Å²) >= 11 is 7.06. The maximum absolute atomic E-state index is 14.2. The van der Waals surface area contributed by atoms with Crippen molar-refractivity contribution in [3.05, 3.63) is 64.4 Å². The van der Waals surface area contributed by atoms with Crippen molar-refractivity contribution in [2.45, 2.75) is 12.3 Å². The van der Waals surface area contributed by atoms with E-state index in [-0.39, 0.29) is 16.3 Å². The van der Waals surface area contributed by atoms with Gasteiger partial charge in [0.2, 0.25) is 5.91 Å². The van der Waals surface area contributed by atoms with E-state index in [4.69, 9.17) is 11.6 Å². The Labute approximate surface area is 154 Å². The first-order valence-corrected chi connectivity index (χ1v) is 10.1. The number of nitrogens with one attached hydrogen (secondary N) is 1. The second-order valence-electron chi connectivity index (χ2n) is 5.46. The number of amides is 1. The number of hydrogen-bond acceptors (Lipinski definition) is 4. The summed E-state index contributed by atoms with van der Waals surface area (Å²) in [5.41, 5.74) is 1.26. The predicted octanol–water partition coefficient (Wildman–Crippen LogP) is 3.72. The van der Waals surface area contributed by atoms with Crippen molar-refractivity contribution in [1.29, 1.82) is 0 Å². The number of thioether (sulfide) groups is 1. The SMILES string of the molecule is Cc1ccc(NS(=O)(=O)N2C(=O)CSC2c2c(F)cccc2Cl)cc1. The fraction of sp³-hybridized carbons (Fsp3) is 0.188. The molecule has 3 rings (SSSR count). The second-order valence-corrected chi connectivity index (χ2v) is 8.48.